The number of amides is 3. The Morgan fingerprint density at radius 1 is 0.536 bits per heavy atom. The van der Waals surface area contributed by atoms with E-state index in [-0.39, 0.29) is 45.1 Å². The van der Waals surface area contributed by atoms with Crippen molar-refractivity contribution in [1.82, 2.24) is 10.6 Å². The van der Waals surface area contributed by atoms with E-state index in [9.17, 15) is 39.0 Å². The number of hydrogen-bond donors (Lipinski definition) is 5. The van der Waals surface area contributed by atoms with Gasteiger partial charge < -0.3 is 40.8 Å². The molecule has 0 aliphatic rings. The number of hydrogen-bond acceptors (Lipinski definition) is 10. The minimum atomic E-state index is -1.15. The van der Waals surface area contributed by atoms with Gasteiger partial charge >= 0.3 is 29.9 Å². The molecule has 0 aromatic carbocycles. The number of aliphatic hydroxyl groups is 1. The van der Waals surface area contributed by atoms with Gasteiger partial charge in [-0.2, -0.15) is 0 Å². The highest BCUT2D eigenvalue weighted by Gasteiger charge is 2.29. The Morgan fingerprint density at radius 2 is 0.982 bits per heavy atom. The first-order valence-electron chi connectivity index (χ1n) is 21.7. The standard InChI is InChI=1S/C42H77N3O11/c1-5-9-13-17-22-32(46)28-39(50)54-33(23-18-14-10-6-2)29-37(47)45-36(26-21-27-44-42(43)53)41(52)56-35(25-20-16-12-8-4)31-40(51)55-34(30-38(48)49)24-19-15-11-7-3/h32-36,46H,5-31H2,1-4H3,(H,45,47)(H,48,49)(H3,43,44,53). The lowest BCUT2D eigenvalue weighted by Gasteiger charge is -2.24. The molecular weight excluding hydrogens is 722 g/mol. The smallest absolute Gasteiger partial charge is 0.328 e. The van der Waals surface area contributed by atoms with Crippen LogP contribution in [-0.2, 0) is 38.2 Å². The number of nitrogens with one attached hydrogen (secondary N) is 2. The van der Waals surface area contributed by atoms with Crippen molar-refractivity contribution in [3.63, 3.8) is 0 Å². The molecule has 0 aromatic heterocycles. The molecule has 56 heavy (non-hydrogen) atoms. The summed E-state index contributed by atoms with van der Waals surface area (Å²) in [5.41, 5.74) is 5.21. The number of esters is 3. The molecule has 14 nitrogen and oxygen atoms in total. The predicted molar refractivity (Wildman–Crippen MR) is 216 cm³/mol. The summed E-state index contributed by atoms with van der Waals surface area (Å²) >= 11 is 0. The van der Waals surface area contributed by atoms with Crippen LogP contribution in [0.3, 0.4) is 0 Å². The summed E-state index contributed by atoms with van der Waals surface area (Å²) < 4.78 is 17.2. The average molecular weight is 800 g/mol. The van der Waals surface area contributed by atoms with Crippen molar-refractivity contribution in [3.8, 4) is 0 Å². The first kappa shape index (κ1) is 52.6. The average Bonchev–Trinajstić information content (AvgIpc) is 3.12. The number of aliphatic hydroxyl groups excluding tert-OH is 1. The molecule has 0 saturated carbocycles. The maximum atomic E-state index is 13.7. The molecule has 6 N–H and O–H groups in total. The topological polar surface area (TPSA) is 221 Å². The van der Waals surface area contributed by atoms with E-state index in [1.54, 1.807) is 0 Å². The van der Waals surface area contributed by atoms with Gasteiger partial charge in [-0.1, -0.05) is 111 Å². The Kier molecular flexibility index (Phi) is 32.7. The van der Waals surface area contributed by atoms with Crippen LogP contribution in [0, 0.1) is 0 Å². The van der Waals surface area contributed by atoms with Gasteiger partial charge in [-0.3, -0.25) is 19.2 Å². The van der Waals surface area contributed by atoms with Gasteiger partial charge in [0, 0.05) is 6.54 Å². The highest BCUT2D eigenvalue weighted by atomic mass is 16.6. The molecule has 0 aromatic rings. The van der Waals surface area contributed by atoms with Crippen molar-refractivity contribution >= 4 is 35.8 Å². The van der Waals surface area contributed by atoms with Crippen molar-refractivity contribution in [2.24, 2.45) is 5.73 Å². The third-order valence-electron chi connectivity index (χ3n) is 9.61. The van der Waals surface area contributed by atoms with E-state index in [2.05, 4.69) is 38.3 Å². The fraction of sp³-hybridized carbons (Fsp3) is 0.857. The number of aliphatic carboxylic acids is 1. The van der Waals surface area contributed by atoms with Crippen molar-refractivity contribution in [2.45, 2.75) is 225 Å². The lowest BCUT2D eigenvalue weighted by molar-refractivity contribution is -0.162. The van der Waals surface area contributed by atoms with E-state index in [1.807, 2.05) is 0 Å². The summed E-state index contributed by atoms with van der Waals surface area (Å²) in [6.07, 6.45) is 12.4. The van der Waals surface area contributed by atoms with Crippen LogP contribution in [0.2, 0.25) is 0 Å². The minimum Gasteiger partial charge on any atom is -0.481 e. The predicted octanol–water partition coefficient (Wildman–Crippen LogP) is 7.54. The molecule has 14 heteroatoms. The Balaban J connectivity index is 5.88. The highest BCUT2D eigenvalue weighted by Crippen LogP contribution is 2.19. The van der Waals surface area contributed by atoms with E-state index in [1.165, 1.54) is 0 Å². The molecule has 0 bridgehead atoms. The van der Waals surface area contributed by atoms with Gasteiger partial charge in [0.25, 0.3) is 0 Å². The molecule has 0 fully saturated rings. The Hall–Kier alpha value is -3.42. The third-order valence-corrected chi connectivity index (χ3v) is 9.61. The molecule has 0 saturated heterocycles. The number of primary amides is 1. The van der Waals surface area contributed by atoms with E-state index in [4.69, 9.17) is 19.9 Å². The Labute approximate surface area is 336 Å². The number of nitrogens with two attached hydrogens (primary N) is 1. The van der Waals surface area contributed by atoms with Gasteiger partial charge in [0.2, 0.25) is 5.91 Å². The normalized spacial score (nSPS) is 13.8. The van der Waals surface area contributed by atoms with Gasteiger partial charge in [0.1, 0.15) is 24.4 Å². The summed E-state index contributed by atoms with van der Waals surface area (Å²) in [6.45, 7) is 8.45. The number of rotatable bonds is 37. The Morgan fingerprint density at radius 3 is 1.45 bits per heavy atom. The zero-order valence-electron chi connectivity index (χ0n) is 35.1. The van der Waals surface area contributed by atoms with Gasteiger partial charge in [-0.05, 0) is 57.8 Å². The van der Waals surface area contributed by atoms with Gasteiger partial charge in [-0.15, -0.1) is 0 Å². The van der Waals surface area contributed by atoms with Crippen LogP contribution >= 0.6 is 0 Å². The number of ether oxygens (including phenoxy) is 3. The van der Waals surface area contributed by atoms with E-state index >= 15 is 0 Å². The van der Waals surface area contributed by atoms with Crippen LogP contribution in [0.1, 0.15) is 195 Å². The maximum absolute atomic E-state index is 13.7. The largest absolute Gasteiger partial charge is 0.481 e. The molecule has 0 aliphatic carbocycles. The molecule has 5 atom stereocenters. The second-order valence-corrected chi connectivity index (χ2v) is 15.1. The van der Waals surface area contributed by atoms with Gasteiger partial charge in [0.05, 0.1) is 31.8 Å². The number of carbonyl (C=O) groups is 6. The van der Waals surface area contributed by atoms with Crippen LogP contribution in [0.25, 0.3) is 0 Å². The fourth-order valence-electron chi connectivity index (χ4n) is 6.43. The maximum Gasteiger partial charge on any atom is 0.328 e. The summed E-state index contributed by atoms with van der Waals surface area (Å²) in [5.74, 6) is -3.63. The number of urea groups is 1. The first-order chi connectivity index (χ1) is 26.8. The summed E-state index contributed by atoms with van der Waals surface area (Å²) in [5, 5.41) is 25.0. The number of carboxylic acid groups (broad SMARTS) is 1. The number of carboxylic acids is 1. The third kappa shape index (κ3) is 30.8. The number of carbonyl (C=O) groups excluding carboxylic acids is 5. The summed E-state index contributed by atoms with van der Waals surface area (Å²) in [6, 6.07) is -1.88. The Bertz CT molecular complexity index is 1090. The highest BCUT2D eigenvalue weighted by molar-refractivity contribution is 5.85. The quantitative estimate of drug-likeness (QED) is 0.0235. The minimum absolute atomic E-state index is 0.0848. The van der Waals surface area contributed by atoms with Crippen LogP contribution in [0.4, 0.5) is 4.79 Å². The zero-order chi connectivity index (χ0) is 42.0. The molecule has 0 rings (SSSR count). The lowest BCUT2D eigenvalue weighted by atomic mass is 10.0. The molecular formula is C42H77N3O11. The van der Waals surface area contributed by atoms with Crippen LogP contribution in [-0.4, -0.2) is 83.0 Å². The fourth-order valence-corrected chi connectivity index (χ4v) is 6.43. The zero-order valence-corrected chi connectivity index (χ0v) is 35.1. The monoisotopic (exact) mass is 800 g/mol. The molecule has 0 radical (unpaired) electrons. The molecule has 0 spiro atoms. The lowest BCUT2D eigenvalue weighted by Crippen LogP contribution is -2.45. The van der Waals surface area contributed by atoms with E-state index < -0.39 is 66.3 Å². The van der Waals surface area contributed by atoms with Crippen LogP contribution < -0.4 is 16.4 Å². The molecule has 0 heterocycles. The summed E-state index contributed by atoms with van der Waals surface area (Å²) in [4.78, 5) is 75.9. The van der Waals surface area contributed by atoms with Crippen molar-refractivity contribution in [3.05, 3.63) is 0 Å². The van der Waals surface area contributed by atoms with Crippen LogP contribution in [0.15, 0.2) is 0 Å². The van der Waals surface area contributed by atoms with Gasteiger partial charge in [0.15, 0.2) is 0 Å². The van der Waals surface area contributed by atoms with Crippen molar-refractivity contribution in [1.29, 1.82) is 0 Å². The first-order valence-corrected chi connectivity index (χ1v) is 21.7. The van der Waals surface area contributed by atoms with Crippen molar-refractivity contribution < 1.29 is 53.2 Å². The van der Waals surface area contributed by atoms with E-state index in [0.717, 1.165) is 96.3 Å². The van der Waals surface area contributed by atoms with Gasteiger partial charge in [-0.25, -0.2) is 9.59 Å². The molecule has 3 amide bonds. The SMILES string of the molecule is CCCCCCC(O)CC(=O)OC(CCCCCC)CC(=O)NC(CCCNC(N)=O)C(=O)OC(CCCCCC)CC(=O)OC(CCCCCC)CC(=O)O. The molecule has 5 unspecified atom stereocenters. The van der Waals surface area contributed by atoms with Crippen LogP contribution in [0.5, 0.6) is 0 Å². The number of unbranched alkanes of at least 4 members (excludes halogenated alkanes) is 12. The van der Waals surface area contributed by atoms with E-state index in [0.29, 0.717) is 32.1 Å². The second kappa shape index (κ2) is 34.8. The second-order valence-electron chi connectivity index (χ2n) is 15.1. The molecule has 326 valence electrons. The molecule has 0 aliphatic heterocycles. The summed E-state index contributed by atoms with van der Waals surface area (Å²) in [7, 11) is 0. The van der Waals surface area contributed by atoms with Crippen molar-refractivity contribution in [2.75, 3.05) is 6.54 Å².